The summed E-state index contributed by atoms with van der Waals surface area (Å²) in [6, 6.07) is 1.51. The highest BCUT2D eigenvalue weighted by atomic mass is 32.1. The summed E-state index contributed by atoms with van der Waals surface area (Å²) in [7, 11) is 0. The van der Waals surface area contributed by atoms with Gasteiger partial charge in [-0.25, -0.2) is 9.67 Å². The average Bonchev–Trinajstić information content (AvgIpc) is 3.16. The van der Waals surface area contributed by atoms with E-state index in [0.29, 0.717) is 13.0 Å². The molecule has 1 unspecified atom stereocenters. The second-order valence-electron chi connectivity index (χ2n) is 4.30. The normalized spacial score (nSPS) is 11.5. The third kappa shape index (κ3) is 4.15. The van der Waals surface area contributed by atoms with E-state index in [1.54, 1.807) is 18.3 Å². The van der Waals surface area contributed by atoms with Gasteiger partial charge in [0, 0.05) is 16.9 Å². The van der Waals surface area contributed by atoms with Crippen LogP contribution in [0.1, 0.15) is 29.8 Å². The Morgan fingerprint density at radius 3 is 3.19 bits per heavy atom. The van der Waals surface area contributed by atoms with Crippen LogP contribution >= 0.6 is 11.3 Å². The first-order valence-electron chi connectivity index (χ1n) is 6.50. The molecule has 2 aromatic rings. The zero-order valence-electron chi connectivity index (χ0n) is 11.6. The van der Waals surface area contributed by atoms with Gasteiger partial charge in [-0.05, 0) is 18.4 Å². The first-order valence-corrected chi connectivity index (χ1v) is 7.38. The van der Waals surface area contributed by atoms with Crippen molar-refractivity contribution in [1.29, 1.82) is 0 Å². The van der Waals surface area contributed by atoms with Crippen molar-refractivity contribution in [2.24, 2.45) is 0 Å². The number of aliphatic hydroxyl groups excluding tert-OH is 1. The van der Waals surface area contributed by atoms with Crippen LogP contribution in [0, 0.1) is 11.8 Å². The van der Waals surface area contributed by atoms with Gasteiger partial charge in [0.25, 0.3) is 0 Å². The topological polar surface area (TPSA) is 80.0 Å². The lowest BCUT2D eigenvalue weighted by molar-refractivity contribution is -0.124. The van der Waals surface area contributed by atoms with Gasteiger partial charge >= 0.3 is 0 Å². The maximum Gasteiger partial charge on any atom is 0.244 e. The lowest BCUT2D eigenvalue weighted by Gasteiger charge is -2.11. The van der Waals surface area contributed by atoms with E-state index in [2.05, 4.69) is 27.2 Å². The van der Waals surface area contributed by atoms with Crippen LogP contribution in [-0.2, 0) is 11.3 Å². The third-order valence-electron chi connectivity index (χ3n) is 2.84. The smallest absolute Gasteiger partial charge is 0.244 e. The van der Waals surface area contributed by atoms with E-state index in [4.69, 9.17) is 5.11 Å². The summed E-state index contributed by atoms with van der Waals surface area (Å²) >= 11 is 1.54. The maximum absolute atomic E-state index is 12.0. The van der Waals surface area contributed by atoms with Gasteiger partial charge < -0.3 is 10.4 Å². The molecule has 0 aliphatic heterocycles. The third-order valence-corrected chi connectivity index (χ3v) is 3.76. The molecule has 1 atom stereocenters. The number of aromatic nitrogens is 3. The van der Waals surface area contributed by atoms with Crippen molar-refractivity contribution >= 4 is 17.2 Å². The molecular formula is C14H16N4O2S. The van der Waals surface area contributed by atoms with Crippen LogP contribution in [0.3, 0.4) is 0 Å². The SMILES string of the molecule is CC(C(=O)NCc1sccc1C#CCCO)n1cncn1. The summed E-state index contributed by atoms with van der Waals surface area (Å²) in [6.45, 7) is 2.25. The number of carbonyl (C=O) groups is 1. The minimum atomic E-state index is -0.406. The first kappa shape index (κ1) is 15.2. The lowest BCUT2D eigenvalue weighted by atomic mass is 10.2. The van der Waals surface area contributed by atoms with E-state index in [1.165, 1.54) is 17.3 Å². The van der Waals surface area contributed by atoms with Gasteiger partial charge in [0.1, 0.15) is 18.7 Å². The minimum absolute atomic E-state index is 0.0542. The van der Waals surface area contributed by atoms with E-state index in [0.717, 1.165) is 10.4 Å². The van der Waals surface area contributed by atoms with Crippen LogP contribution in [0.4, 0.5) is 0 Å². The number of aliphatic hydroxyl groups is 1. The summed E-state index contributed by atoms with van der Waals surface area (Å²) < 4.78 is 1.51. The van der Waals surface area contributed by atoms with Gasteiger partial charge in [-0.15, -0.1) is 11.3 Å². The van der Waals surface area contributed by atoms with E-state index in [-0.39, 0.29) is 12.5 Å². The number of amides is 1. The van der Waals surface area contributed by atoms with Crippen LogP contribution in [-0.4, -0.2) is 32.4 Å². The average molecular weight is 304 g/mol. The summed E-state index contributed by atoms with van der Waals surface area (Å²) in [5, 5.41) is 17.5. The van der Waals surface area contributed by atoms with Crippen molar-refractivity contribution in [3.63, 3.8) is 0 Å². The van der Waals surface area contributed by atoms with Crippen molar-refractivity contribution in [1.82, 2.24) is 20.1 Å². The molecule has 2 heterocycles. The molecular weight excluding hydrogens is 288 g/mol. The number of hydrogen-bond donors (Lipinski definition) is 2. The number of nitrogens with one attached hydrogen (secondary N) is 1. The molecule has 1 amide bonds. The number of rotatable bonds is 5. The second kappa shape index (κ2) is 7.57. The zero-order chi connectivity index (χ0) is 15.1. The molecule has 0 aromatic carbocycles. The molecule has 110 valence electrons. The van der Waals surface area contributed by atoms with Gasteiger partial charge in [0.2, 0.25) is 5.91 Å². The fraction of sp³-hybridized carbons (Fsp3) is 0.357. The van der Waals surface area contributed by atoms with Crippen molar-refractivity contribution in [2.45, 2.75) is 25.9 Å². The Morgan fingerprint density at radius 1 is 1.62 bits per heavy atom. The van der Waals surface area contributed by atoms with E-state index < -0.39 is 6.04 Å². The van der Waals surface area contributed by atoms with Crippen molar-refractivity contribution < 1.29 is 9.90 Å². The van der Waals surface area contributed by atoms with Crippen LogP contribution in [0.15, 0.2) is 24.1 Å². The Bertz CT molecular complexity index is 639. The highest BCUT2D eigenvalue weighted by molar-refractivity contribution is 7.10. The van der Waals surface area contributed by atoms with Gasteiger partial charge in [-0.2, -0.15) is 5.10 Å². The van der Waals surface area contributed by atoms with Crippen molar-refractivity contribution in [2.75, 3.05) is 6.61 Å². The number of hydrogen-bond acceptors (Lipinski definition) is 5. The van der Waals surface area contributed by atoms with Crippen LogP contribution in [0.5, 0.6) is 0 Å². The molecule has 0 aliphatic carbocycles. The van der Waals surface area contributed by atoms with Gasteiger partial charge in [-0.1, -0.05) is 11.8 Å². The quantitative estimate of drug-likeness (QED) is 0.806. The summed E-state index contributed by atoms with van der Waals surface area (Å²) in [6.07, 6.45) is 3.37. The standard InChI is InChI=1S/C14H16N4O2S/c1-11(18-10-15-9-17-18)14(20)16-8-13-12(5-7-21-13)4-2-3-6-19/h5,7,9-11,19H,3,6,8H2,1H3,(H,16,20). The van der Waals surface area contributed by atoms with Crippen molar-refractivity contribution in [3.8, 4) is 11.8 Å². The Balaban J connectivity index is 1.93. The van der Waals surface area contributed by atoms with Crippen LogP contribution in [0.2, 0.25) is 0 Å². The maximum atomic E-state index is 12.0. The molecule has 0 radical (unpaired) electrons. The highest BCUT2D eigenvalue weighted by Gasteiger charge is 2.15. The molecule has 2 aromatic heterocycles. The van der Waals surface area contributed by atoms with Crippen molar-refractivity contribution in [3.05, 3.63) is 34.5 Å². The van der Waals surface area contributed by atoms with Gasteiger partial charge in [-0.3, -0.25) is 4.79 Å². The molecule has 0 aliphatic rings. The van der Waals surface area contributed by atoms with E-state index >= 15 is 0 Å². The van der Waals surface area contributed by atoms with Crippen LogP contribution in [0.25, 0.3) is 0 Å². The van der Waals surface area contributed by atoms with Gasteiger partial charge in [0.05, 0.1) is 13.2 Å². The lowest BCUT2D eigenvalue weighted by Crippen LogP contribution is -2.30. The summed E-state index contributed by atoms with van der Waals surface area (Å²) in [4.78, 5) is 16.9. The molecule has 0 fully saturated rings. The highest BCUT2D eigenvalue weighted by Crippen LogP contribution is 2.16. The Kier molecular flexibility index (Phi) is 5.49. The molecule has 0 spiro atoms. The molecule has 0 bridgehead atoms. The monoisotopic (exact) mass is 304 g/mol. The Labute approximate surface area is 126 Å². The molecule has 6 nitrogen and oxygen atoms in total. The number of nitrogens with zero attached hydrogens (tertiary/aromatic N) is 3. The fourth-order valence-corrected chi connectivity index (χ4v) is 2.43. The predicted molar refractivity (Wildman–Crippen MR) is 79.5 cm³/mol. The minimum Gasteiger partial charge on any atom is -0.395 e. The summed E-state index contributed by atoms with van der Waals surface area (Å²) in [5.74, 6) is 5.76. The number of thiophene rings is 1. The fourth-order valence-electron chi connectivity index (χ4n) is 1.66. The van der Waals surface area contributed by atoms with E-state index in [1.807, 2.05) is 11.4 Å². The van der Waals surface area contributed by atoms with Crippen LogP contribution < -0.4 is 5.32 Å². The van der Waals surface area contributed by atoms with Gasteiger partial charge in [0.15, 0.2) is 0 Å². The molecule has 7 heteroatoms. The summed E-state index contributed by atoms with van der Waals surface area (Å²) in [5.41, 5.74) is 0.891. The molecule has 2 rings (SSSR count). The van der Waals surface area contributed by atoms with E-state index in [9.17, 15) is 4.79 Å². The molecule has 0 saturated carbocycles. The first-order chi connectivity index (χ1) is 10.2. The molecule has 2 N–H and O–H groups in total. The zero-order valence-corrected chi connectivity index (χ0v) is 12.4. The Morgan fingerprint density at radius 2 is 2.48 bits per heavy atom. The molecule has 0 saturated heterocycles. The Hall–Kier alpha value is -2.17. The predicted octanol–water partition coefficient (Wildman–Crippen LogP) is 0.951. The second-order valence-corrected chi connectivity index (χ2v) is 5.30. The number of carbonyl (C=O) groups excluding carboxylic acids is 1. The largest absolute Gasteiger partial charge is 0.395 e. The molecule has 21 heavy (non-hydrogen) atoms.